The van der Waals surface area contributed by atoms with Gasteiger partial charge in [-0.05, 0) is 5.56 Å². The minimum Gasteiger partial charge on any atom is -0.550 e. The van der Waals surface area contributed by atoms with Crippen molar-refractivity contribution >= 4 is 18.0 Å². The average Bonchev–Trinajstić information content (AvgIpc) is 3.17. The van der Waals surface area contributed by atoms with Gasteiger partial charge in [0.1, 0.15) is 5.60 Å². The zero-order valence-electron chi connectivity index (χ0n) is 12.4. The maximum absolute atomic E-state index is 12.6. The number of likely N-dealkylation sites (tertiary alicyclic amines) is 1. The second-order valence-electron chi connectivity index (χ2n) is 6.25. The Balaban J connectivity index is 1.51. The number of carbonyl (C=O) groups is 2. The van der Waals surface area contributed by atoms with Crippen LogP contribution in [0.1, 0.15) is 5.56 Å². The van der Waals surface area contributed by atoms with Gasteiger partial charge in [0.2, 0.25) is 5.91 Å². The van der Waals surface area contributed by atoms with Crippen molar-refractivity contribution in [1.29, 1.82) is 0 Å². The van der Waals surface area contributed by atoms with E-state index < -0.39 is 29.5 Å². The van der Waals surface area contributed by atoms with Gasteiger partial charge >= 0.3 is 0 Å². The predicted octanol–water partition coefficient (Wildman–Crippen LogP) is 0.232. The van der Waals surface area contributed by atoms with E-state index in [-0.39, 0.29) is 5.91 Å². The number of ether oxygens (including phenoxy) is 1. The van der Waals surface area contributed by atoms with Gasteiger partial charge < -0.3 is 19.5 Å². The van der Waals surface area contributed by atoms with Gasteiger partial charge in [0.05, 0.1) is 18.6 Å². The minimum atomic E-state index is -1.21. The number of benzene rings is 1. The number of hydrogen-bond acceptors (Lipinski definition) is 4. The topological polar surface area (TPSA) is 69.7 Å². The standard InChI is InChI=1S/C18H17NO4/c20-16-15-14(17(21)22)13-8-9-18(15,23-13)11-19(16)10-4-7-12-5-2-1-3-6-12/h1-9,13-15H,10-11H2,(H,21,22)/p-1/b7-4+/t13-,14-,15+,18+/m0/s1. The van der Waals surface area contributed by atoms with Crippen LogP contribution in [0.5, 0.6) is 0 Å². The summed E-state index contributed by atoms with van der Waals surface area (Å²) in [7, 11) is 0. The largest absolute Gasteiger partial charge is 0.550 e. The molecule has 2 saturated heterocycles. The first kappa shape index (κ1) is 14.2. The predicted molar refractivity (Wildman–Crippen MR) is 80.8 cm³/mol. The number of hydrogen-bond donors (Lipinski definition) is 0. The third kappa shape index (κ3) is 2.11. The Morgan fingerprint density at radius 2 is 2.17 bits per heavy atom. The summed E-state index contributed by atoms with van der Waals surface area (Å²) in [5, 5.41) is 11.4. The Hall–Kier alpha value is -2.40. The fourth-order valence-electron chi connectivity index (χ4n) is 3.88. The monoisotopic (exact) mass is 310 g/mol. The number of carboxylic acids is 1. The van der Waals surface area contributed by atoms with Crippen LogP contribution in [0.3, 0.4) is 0 Å². The molecule has 23 heavy (non-hydrogen) atoms. The highest BCUT2D eigenvalue weighted by Crippen LogP contribution is 2.51. The molecule has 5 nitrogen and oxygen atoms in total. The molecular formula is C18H16NO4-. The molecule has 1 spiro atoms. The Labute approximate surface area is 133 Å². The first-order valence-corrected chi connectivity index (χ1v) is 7.69. The van der Waals surface area contributed by atoms with Crippen LogP contribution in [-0.2, 0) is 14.3 Å². The quantitative estimate of drug-likeness (QED) is 0.747. The summed E-state index contributed by atoms with van der Waals surface area (Å²) in [5.74, 6) is -2.91. The van der Waals surface area contributed by atoms with E-state index in [2.05, 4.69) is 0 Å². The highest BCUT2D eigenvalue weighted by molar-refractivity contribution is 5.90. The highest BCUT2D eigenvalue weighted by Gasteiger charge is 2.65. The first-order valence-electron chi connectivity index (χ1n) is 7.69. The zero-order valence-corrected chi connectivity index (χ0v) is 12.4. The summed E-state index contributed by atoms with van der Waals surface area (Å²) >= 11 is 0. The molecule has 3 aliphatic heterocycles. The molecule has 2 bridgehead atoms. The molecule has 3 aliphatic rings. The fourth-order valence-corrected chi connectivity index (χ4v) is 3.88. The van der Waals surface area contributed by atoms with Crippen molar-refractivity contribution in [3.63, 3.8) is 0 Å². The van der Waals surface area contributed by atoms with Gasteiger partial charge in [0.15, 0.2) is 0 Å². The SMILES string of the molecule is O=C([O-])[C@H]1[C@@H]2C=C[C@]3(CN(C/C=C/c4ccccc4)C(=O)[C@@H]13)O2. The molecule has 1 aromatic rings. The number of aliphatic carboxylic acids is 1. The molecule has 4 rings (SSSR count). The van der Waals surface area contributed by atoms with Crippen molar-refractivity contribution in [2.24, 2.45) is 11.8 Å². The second kappa shape index (κ2) is 5.06. The van der Waals surface area contributed by atoms with E-state index in [0.717, 1.165) is 5.56 Å². The van der Waals surface area contributed by atoms with E-state index in [1.54, 1.807) is 11.0 Å². The van der Waals surface area contributed by atoms with Gasteiger partial charge in [-0.15, -0.1) is 0 Å². The lowest BCUT2D eigenvalue weighted by Crippen LogP contribution is -2.45. The Morgan fingerprint density at radius 1 is 1.39 bits per heavy atom. The number of rotatable bonds is 4. The molecular weight excluding hydrogens is 294 g/mol. The van der Waals surface area contributed by atoms with Crippen molar-refractivity contribution in [2.75, 3.05) is 13.1 Å². The van der Waals surface area contributed by atoms with Crippen LogP contribution in [0, 0.1) is 11.8 Å². The van der Waals surface area contributed by atoms with E-state index in [1.165, 1.54) is 0 Å². The first-order chi connectivity index (χ1) is 11.1. The molecule has 0 unspecified atom stereocenters. The number of amides is 1. The molecule has 3 heterocycles. The third-order valence-corrected chi connectivity index (χ3v) is 4.89. The molecule has 1 aromatic carbocycles. The van der Waals surface area contributed by atoms with Crippen LogP contribution < -0.4 is 5.11 Å². The van der Waals surface area contributed by atoms with Gasteiger partial charge in [-0.3, -0.25) is 4.79 Å². The number of nitrogens with zero attached hydrogens (tertiary/aromatic N) is 1. The van der Waals surface area contributed by atoms with Crippen molar-refractivity contribution in [2.45, 2.75) is 11.7 Å². The summed E-state index contributed by atoms with van der Waals surface area (Å²) in [5.41, 5.74) is 0.273. The van der Waals surface area contributed by atoms with Crippen molar-refractivity contribution in [1.82, 2.24) is 4.90 Å². The Kier molecular flexibility index (Phi) is 3.13. The average molecular weight is 310 g/mol. The van der Waals surface area contributed by atoms with Crippen LogP contribution in [0.25, 0.3) is 6.08 Å². The molecule has 5 heteroatoms. The lowest BCUT2D eigenvalue weighted by Gasteiger charge is -2.24. The van der Waals surface area contributed by atoms with Crippen molar-refractivity contribution < 1.29 is 19.4 Å². The summed E-state index contributed by atoms with van der Waals surface area (Å²) < 4.78 is 5.80. The van der Waals surface area contributed by atoms with E-state index in [9.17, 15) is 14.7 Å². The van der Waals surface area contributed by atoms with Gasteiger partial charge in [-0.2, -0.15) is 0 Å². The van der Waals surface area contributed by atoms with Crippen LogP contribution in [-0.4, -0.2) is 41.6 Å². The van der Waals surface area contributed by atoms with Crippen molar-refractivity contribution in [3.05, 3.63) is 54.1 Å². The summed E-state index contributed by atoms with van der Waals surface area (Å²) in [6.45, 7) is 0.833. The molecule has 118 valence electrons. The second-order valence-corrected chi connectivity index (χ2v) is 6.25. The molecule has 4 atom stereocenters. The number of carbonyl (C=O) groups excluding carboxylic acids is 2. The van der Waals surface area contributed by atoms with Crippen LogP contribution in [0.4, 0.5) is 0 Å². The molecule has 0 radical (unpaired) electrons. The maximum Gasteiger partial charge on any atom is 0.230 e. The van der Waals surface area contributed by atoms with Crippen LogP contribution >= 0.6 is 0 Å². The molecule has 0 aromatic heterocycles. The number of fused-ring (bicyclic) bond motifs is 1. The zero-order chi connectivity index (χ0) is 16.0. The highest BCUT2D eigenvalue weighted by atomic mass is 16.5. The lowest BCUT2D eigenvalue weighted by molar-refractivity contribution is -0.313. The van der Waals surface area contributed by atoms with Gasteiger partial charge in [-0.25, -0.2) is 0 Å². The van der Waals surface area contributed by atoms with Gasteiger partial charge in [0.25, 0.3) is 0 Å². The van der Waals surface area contributed by atoms with Gasteiger partial charge in [0, 0.05) is 18.4 Å². The van der Waals surface area contributed by atoms with E-state index >= 15 is 0 Å². The van der Waals surface area contributed by atoms with Gasteiger partial charge in [-0.1, -0.05) is 54.6 Å². The minimum absolute atomic E-state index is 0.163. The molecule has 0 saturated carbocycles. The fraction of sp³-hybridized carbons (Fsp3) is 0.333. The molecule has 0 N–H and O–H groups in total. The van der Waals surface area contributed by atoms with E-state index in [4.69, 9.17) is 4.74 Å². The Bertz CT molecular complexity index is 711. The molecule has 2 fully saturated rings. The molecule has 1 amide bonds. The van der Waals surface area contributed by atoms with Crippen molar-refractivity contribution in [3.8, 4) is 0 Å². The third-order valence-electron chi connectivity index (χ3n) is 4.89. The normalized spacial score (nSPS) is 34.5. The number of carboxylic acid groups (broad SMARTS) is 1. The van der Waals surface area contributed by atoms with Crippen LogP contribution in [0.2, 0.25) is 0 Å². The summed E-state index contributed by atoms with van der Waals surface area (Å²) in [6, 6.07) is 9.81. The smallest absolute Gasteiger partial charge is 0.230 e. The lowest BCUT2D eigenvalue weighted by atomic mass is 9.77. The van der Waals surface area contributed by atoms with E-state index in [0.29, 0.717) is 13.1 Å². The summed E-state index contributed by atoms with van der Waals surface area (Å²) in [6.07, 6.45) is 6.92. The Morgan fingerprint density at radius 3 is 2.91 bits per heavy atom. The summed E-state index contributed by atoms with van der Waals surface area (Å²) in [4.78, 5) is 25.6. The van der Waals surface area contributed by atoms with E-state index in [1.807, 2.05) is 48.6 Å². The van der Waals surface area contributed by atoms with Crippen LogP contribution in [0.15, 0.2) is 48.6 Å². The molecule has 0 aliphatic carbocycles. The maximum atomic E-state index is 12.6.